The number of ether oxygens (including phenoxy) is 2. The Hall–Kier alpha value is -3.00. The predicted octanol–water partition coefficient (Wildman–Crippen LogP) is 2.73. The average molecular weight is 413 g/mol. The van der Waals surface area contributed by atoms with Crippen LogP contribution < -0.4 is 15.0 Å². The number of aromatic nitrogens is 1. The molecule has 8 heteroatoms. The molecule has 0 spiro atoms. The van der Waals surface area contributed by atoms with E-state index in [0.29, 0.717) is 17.0 Å². The predicted molar refractivity (Wildman–Crippen MR) is 108 cm³/mol. The fourth-order valence-corrected chi connectivity index (χ4v) is 3.75. The van der Waals surface area contributed by atoms with Gasteiger partial charge in [0.15, 0.2) is 0 Å². The number of hydrogen-bond donors (Lipinski definition) is 1. The zero-order chi connectivity index (χ0) is 21.7. The minimum atomic E-state index is -1.66. The van der Waals surface area contributed by atoms with E-state index in [1.165, 1.54) is 24.9 Å². The molecular weight excluding hydrogens is 389 g/mol. The molecule has 2 aromatic rings. The van der Waals surface area contributed by atoms with E-state index in [9.17, 15) is 14.0 Å². The number of benzene rings is 1. The SMILES string of the molecule is CN1C(=O)[C@@H](NC(=O)c2cc3c(cn2)CO[C@@]3(C)C(C)(C)F)COc2ccccc21. The first-order valence-corrected chi connectivity index (χ1v) is 9.74. The first kappa shape index (κ1) is 20.3. The number of carbonyl (C=O) groups is 2. The topological polar surface area (TPSA) is 80.8 Å². The van der Waals surface area contributed by atoms with Gasteiger partial charge in [-0.05, 0) is 44.5 Å². The van der Waals surface area contributed by atoms with Crippen LogP contribution in [-0.2, 0) is 21.7 Å². The molecule has 2 aliphatic heterocycles. The van der Waals surface area contributed by atoms with E-state index in [4.69, 9.17) is 9.47 Å². The van der Waals surface area contributed by atoms with Crippen molar-refractivity contribution in [3.63, 3.8) is 0 Å². The van der Waals surface area contributed by atoms with E-state index >= 15 is 0 Å². The van der Waals surface area contributed by atoms with Gasteiger partial charge < -0.3 is 19.7 Å². The first-order chi connectivity index (χ1) is 14.1. The summed E-state index contributed by atoms with van der Waals surface area (Å²) in [6.45, 7) is 4.77. The number of rotatable bonds is 3. The van der Waals surface area contributed by atoms with Gasteiger partial charge in [0.1, 0.15) is 35.4 Å². The Balaban J connectivity index is 1.57. The number of anilines is 1. The molecule has 0 unspecified atom stereocenters. The normalized spacial score (nSPS) is 23.3. The van der Waals surface area contributed by atoms with Crippen molar-refractivity contribution < 1.29 is 23.5 Å². The zero-order valence-electron chi connectivity index (χ0n) is 17.4. The minimum Gasteiger partial charge on any atom is -0.489 e. The standard InChI is InChI=1S/C22H24FN3O4/c1-21(2,23)22(3)14-9-15(24-10-13(14)11-30-22)19(27)25-16-12-29-18-8-6-5-7-17(18)26(4)20(16)28/h5-10,16H,11-12H2,1-4H3,(H,25,27)/t16-,22+/m0/s1. The van der Waals surface area contributed by atoms with Crippen LogP contribution in [0, 0.1) is 0 Å². The Morgan fingerprint density at radius 1 is 1.37 bits per heavy atom. The highest BCUT2D eigenvalue weighted by Gasteiger charge is 2.49. The second-order valence-corrected chi connectivity index (χ2v) is 8.22. The summed E-state index contributed by atoms with van der Waals surface area (Å²) in [6.07, 6.45) is 1.52. The third kappa shape index (κ3) is 3.21. The summed E-state index contributed by atoms with van der Waals surface area (Å²) in [4.78, 5) is 31.4. The number of alkyl halides is 1. The fourth-order valence-electron chi connectivity index (χ4n) is 3.75. The number of hydrogen-bond acceptors (Lipinski definition) is 5. The van der Waals surface area contributed by atoms with Crippen LogP contribution in [0.4, 0.5) is 10.1 Å². The minimum absolute atomic E-state index is 0.00476. The number of fused-ring (bicyclic) bond motifs is 2. The van der Waals surface area contributed by atoms with Crippen LogP contribution in [0.25, 0.3) is 0 Å². The Morgan fingerprint density at radius 2 is 2.10 bits per heavy atom. The Kier molecular flexibility index (Phi) is 4.77. The Bertz CT molecular complexity index is 1020. The highest BCUT2D eigenvalue weighted by Crippen LogP contribution is 2.45. The highest BCUT2D eigenvalue weighted by molar-refractivity contribution is 6.02. The molecule has 0 fully saturated rings. The Labute approximate surface area is 174 Å². The maximum Gasteiger partial charge on any atom is 0.270 e. The molecule has 1 aromatic heterocycles. The van der Waals surface area contributed by atoms with E-state index in [-0.39, 0.29) is 24.8 Å². The van der Waals surface area contributed by atoms with Crippen LogP contribution >= 0.6 is 0 Å². The van der Waals surface area contributed by atoms with Gasteiger partial charge in [0.05, 0.1) is 12.3 Å². The van der Waals surface area contributed by atoms with E-state index in [1.807, 2.05) is 12.1 Å². The van der Waals surface area contributed by atoms with Crippen LogP contribution in [0.3, 0.4) is 0 Å². The molecule has 0 saturated heterocycles. The number of nitrogens with zero attached hydrogens (tertiary/aromatic N) is 2. The Morgan fingerprint density at radius 3 is 2.83 bits per heavy atom. The van der Waals surface area contributed by atoms with E-state index in [2.05, 4.69) is 10.3 Å². The number of likely N-dealkylation sites (N-methyl/N-ethyl adjacent to an activating group) is 1. The van der Waals surface area contributed by atoms with Crippen LogP contribution in [0.1, 0.15) is 42.4 Å². The molecule has 0 bridgehead atoms. The van der Waals surface area contributed by atoms with Gasteiger partial charge in [-0.15, -0.1) is 0 Å². The van der Waals surface area contributed by atoms with E-state index in [1.54, 1.807) is 32.2 Å². The van der Waals surface area contributed by atoms with Crippen LogP contribution in [0.15, 0.2) is 36.5 Å². The molecule has 2 amide bonds. The van der Waals surface area contributed by atoms with E-state index < -0.39 is 23.2 Å². The number of nitrogens with one attached hydrogen (secondary N) is 1. The van der Waals surface area contributed by atoms with Gasteiger partial charge in [-0.3, -0.25) is 14.6 Å². The highest BCUT2D eigenvalue weighted by atomic mass is 19.1. The number of pyridine rings is 1. The van der Waals surface area contributed by atoms with Crippen molar-refractivity contribution in [1.82, 2.24) is 10.3 Å². The summed E-state index contributed by atoms with van der Waals surface area (Å²) in [5.41, 5.74) is -0.803. The molecule has 2 atom stereocenters. The van der Waals surface area contributed by atoms with Crippen molar-refractivity contribution in [2.45, 2.75) is 44.7 Å². The molecule has 4 rings (SSSR count). The van der Waals surface area contributed by atoms with Crippen LogP contribution in [-0.4, -0.2) is 42.2 Å². The van der Waals surface area contributed by atoms with Gasteiger partial charge in [0.25, 0.3) is 11.8 Å². The van der Waals surface area contributed by atoms with Crippen molar-refractivity contribution >= 4 is 17.5 Å². The molecule has 2 aliphatic rings. The molecule has 30 heavy (non-hydrogen) atoms. The maximum atomic E-state index is 14.8. The third-order valence-corrected chi connectivity index (χ3v) is 5.95. The van der Waals surface area contributed by atoms with Crippen molar-refractivity contribution in [2.75, 3.05) is 18.6 Å². The second kappa shape index (κ2) is 7.05. The first-order valence-electron chi connectivity index (χ1n) is 9.74. The second-order valence-electron chi connectivity index (χ2n) is 8.22. The number of para-hydroxylation sites is 2. The fraction of sp³-hybridized carbons (Fsp3) is 0.409. The number of carbonyl (C=O) groups excluding carboxylic acids is 2. The molecular formula is C22H24FN3O4. The van der Waals surface area contributed by atoms with Crippen molar-refractivity contribution in [3.05, 3.63) is 53.3 Å². The quantitative estimate of drug-likeness (QED) is 0.837. The van der Waals surface area contributed by atoms with Crippen molar-refractivity contribution in [2.24, 2.45) is 0 Å². The molecule has 1 aromatic carbocycles. The molecule has 7 nitrogen and oxygen atoms in total. The maximum absolute atomic E-state index is 14.8. The third-order valence-electron chi connectivity index (χ3n) is 5.95. The average Bonchev–Trinajstić information content (AvgIpc) is 3.02. The number of halogens is 1. The van der Waals surface area contributed by atoms with Crippen LogP contribution in [0.5, 0.6) is 5.75 Å². The van der Waals surface area contributed by atoms with E-state index in [0.717, 1.165) is 5.56 Å². The van der Waals surface area contributed by atoms with Gasteiger partial charge >= 0.3 is 0 Å². The number of amides is 2. The summed E-state index contributed by atoms with van der Waals surface area (Å²) < 4.78 is 26.3. The van der Waals surface area contributed by atoms with Crippen molar-refractivity contribution in [3.8, 4) is 5.75 Å². The lowest BCUT2D eigenvalue weighted by atomic mass is 9.82. The molecule has 0 radical (unpaired) electrons. The van der Waals surface area contributed by atoms with Gasteiger partial charge in [0.2, 0.25) is 0 Å². The molecule has 0 saturated carbocycles. The zero-order valence-corrected chi connectivity index (χ0v) is 17.4. The summed E-state index contributed by atoms with van der Waals surface area (Å²) in [5, 5.41) is 2.70. The largest absolute Gasteiger partial charge is 0.489 e. The molecule has 1 N–H and O–H groups in total. The molecule has 0 aliphatic carbocycles. The van der Waals surface area contributed by atoms with Crippen molar-refractivity contribution in [1.29, 1.82) is 0 Å². The molecule has 158 valence electrons. The monoisotopic (exact) mass is 413 g/mol. The summed E-state index contributed by atoms with van der Waals surface area (Å²) in [6, 6.07) is 7.83. The van der Waals surface area contributed by atoms with Gasteiger partial charge in [-0.2, -0.15) is 0 Å². The summed E-state index contributed by atoms with van der Waals surface area (Å²) >= 11 is 0. The lowest BCUT2D eigenvalue weighted by molar-refractivity contribution is -0.120. The van der Waals surface area contributed by atoms with Gasteiger partial charge in [-0.25, -0.2) is 4.39 Å². The van der Waals surface area contributed by atoms with Gasteiger partial charge in [0, 0.05) is 18.8 Å². The molecule has 3 heterocycles. The smallest absolute Gasteiger partial charge is 0.270 e. The van der Waals surface area contributed by atoms with Crippen LogP contribution in [0.2, 0.25) is 0 Å². The summed E-state index contributed by atoms with van der Waals surface area (Å²) in [5.74, 6) is -0.267. The summed E-state index contributed by atoms with van der Waals surface area (Å²) in [7, 11) is 1.63. The lowest BCUT2D eigenvalue weighted by Crippen LogP contribution is -2.49. The van der Waals surface area contributed by atoms with Gasteiger partial charge in [-0.1, -0.05) is 12.1 Å². The lowest BCUT2D eigenvalue weighted by Gasteiger charge is -2.34.